The highest BCUT2D eigenvalue weighted by Crippen LogP contribution is 2.34. The summed E-state index contributed by atoms with van der Waals surface area (Å²) in [7, 11) is 0. The molecule has 1 saturated heterocycles. The summed E-state index contributed by atoms with van der Waals surface area (Å²) < 4.78 is 6.14. The number of hydrogen-bond donors (Lipinski definition) is 0. The topological polar surface area (TPSA) is 55.6 Å². The minimum atomic E-state index is -0.381. The van der Waals surface area contributed by atoms with E-state index in [1.54, 1.807) is 18.2 Å². The van der Waals surface area contributed by atoms with Gasteiger partial charge in [-0.25, -0.2) is 0 Å². The third kappa shape index (κ3) is 3.57. The van der Waals surface area contributed by atoms with Crippen LogP contribution in [-0.2, 0) is 0 Å². The van der Waals surface area contributed by atoms with Crippen molar-refractivity contribution < 1.29 is 9.66 Å². The highest BCUT2D eigenvalue weighted by molar-refractivity contribution is 5.46. The Morgan fingerprint density at radius 1 is 1.17 bits per heavy atom. The summed E-state index contributed by atoms with van der Waals surface area (Å²) in [5.74, 6) is 0.568. The fraction of sp³-hybridized carbons (Fsp3) is 0.368. The predicted molar refractivity (Wildman–Crippen MR) is 93.4 cm³/mol. The molecule has 0 saturated carbocycles. The lowest BCUT2D eigenvalue weighted by Gasteiger charge is -2.38. The number of benzene rings is 2. The van der Waals surface area contributed by atoms with Gasteiger partial charge in [-0.05, 0) is 24.6 Å². The van der Waals surface area contributed by atoms with Gasteiger partial charge in [-0.15, -0.1) is 0 Å². The Balaban J connectivity index is 1.86. The number of para-hydroxylation sites is 2. The summed E-state index contributed by atoms with van der Waals surface area (Å²) in [5, 5.41) is 11.2. The number of nitro groups is 1. The van der Waals surface area contributed by atoms with E-state index < -0.39 is 0 Å². The molecule has 3 rings (SSSR count). The second kappa shape index (κ2) is 7.45. The van der Waals surface area contributed by atoms with Crippen LogP contribution in [0.25, 0.3) is 0 Å². The molecular formula is C19H22N2O3. The van der Waals surface area contributed by atoms with Crippen LogP contribution in [0.3, 0.4) is 0 Å². The van der Waals surface area contributed by atoms with Crippen molar-refractivity contribution in [2.24, 2.45) is 0 Å². The van der Waals surface area contributed by atoms with E-state index in [4.69, 9.17) is 4.74 Å². The Kier molecular flexibility index (Phi) is 5.11. The van der Waals surface area contributed by atoms with Crippen LogP contribution in [0.1, 0.15) is 24.8 Å². The van der Waals surface area contributed by atoms with Gasteiger partial charge in [-0.1, -0.05) is 49.4 Å². The molecule has 0 bridgehead atoms. The van der Waals surface area contributed by atoms with Crippen molar-refractivity contribution in [2.75, 3.05) is 19.6 Å². The second-order valence-electron chi connectivity index (χ2n) is 6.08. The molecular weight excluding hydrogens is 304 g/mol. The van der Waals surface area contributed by atoms with E-state index in [1.165, 1.54) is 11.6 Å². The fourth-order valence-electron chi connectivity index (χ4n) is 3.32. The first-order valence-corrected chi connectivity index (χ1v) is 8.36. The van der Waals surface area contributed by atoms with Crippen LogP contribution < -0.4 is 4.74 Å². The average molecular weight is 326 g/mol. The minimum Gasteiger partial charge on any atom is -0.483 e. The third-order valence-electron chi connectivity index (χ3n) is 4.65. The van der Waals surface area contributed by atoms with Gasteiger partial charge in [-0.2, -0.15) is 0 Å². The van der Waals surface area contributed by atoms with Gasteiger partial charge in [0.1, 0.15) is 6.10 Å². The number of ether oxygens (including phenoxy) is 1. The third-order valence-corrected chi connectivity index (χ3v) is 4.65. The molecule has 1 fully saturated rings. The van der Waals surface area contributed by atoms with Crippen LogP contribution >= 0.6 is 0 Å². The maximum Gasteiger partial charge on any atom is 0.310 e. The number of likely N-dealkylation sites (N-methyl/N-ethyl adjacent to an activating group) is 1. The fourth-order valence-corrected chi connectivity index (χ4v) is 3.32. The molecule has 24 heavy (non-hydrogen) atoms. The van der Waals surface area contributed by atoms with Crippen molar-refractivity contribution in [1.82, 2.24) is 4.90 Å². The zero-order valence-corrected chi connectivity index (χ0v) is 13.8. The molecule has 5 heteroatoms. The summed E-state index contributed by atoms with van der Waals surface area (Å²) in [6.07, 6.45) is 0.802. The average Bonchev–Trinajstić information content (AvgIpc) is 2.63. The number of rotatable bonds is 5. The first kappa shape index (κ1) is 16.5. The highest BCUT2D eigenvalue weighted by Gasteiger charge is 2.32. The minimum absolute atomic E-state index is 0.0298. The Morgan fingerprint density at radius 2 is 1.88 bits per heavy atom. The van der Waals surface area contributed by atoms with E-state index in [0.717, 1.165) is 26.1 Å². The Morgan fingerprint density at radius 3 is 2.58 bits per heavy atom. The molecule has 2 aromatic carbocycles. The molecule has 2 aromatic rings. The first-order valence-electron chi connectivity index (χ1n) is 8.36. The van der Waals surface area contributed by atoms with Crippen LogP contribution in [0, 0.1) is 10.1 Å². The van der Waals surface area contributed by atoms with E-state index in [0.29, 0.717) is 5.75 Å². The van der Waals surface area contributed by atoms with Crippen LogP contribution in [0.5, 0.6) is 5.75 Å². The van der Waals surface area contributed by atoms with E-state index in [9.17, 15) is 10.1 Å². The number of nitrogens with zero attached hydrogens (tertiary/aromatic N) is 2. The molecule has 0 N–H and O–H groups in total. The summed E-state index contributed by atoms with van der Waals surface area (Å²) in [6.45, 7) is 5.02. The Hall–Kier alpha value is -2.40. The van der Waals surface area contributed by atoms with Gasteiger partial charge in [-0.3, -0.25) is 10.1 Å². The summed E-state index contributed by atoms with van der Waals surface area (Å²) in [5.41, 5.74) is 1.25. The Bertz CT molecular complexity index is 690. The molecule has 1 aliphatic heterocycles. The molecule has 5 nitrogen and oxygen atoms in total. The van der Waals surface area contributed by atoms with Crippen LogP contribution in [0.15, 0.2) is 54.6 Å². The van der Waals surface area contributed by atoms with E-state index in [1.807, 2.05) is 18.2 Å². The van der Waals surface area contributed by atoms with Crippen molar-refractivity contribution in [3.05, 3.63) is 70.3 Å². The zero-order chi connectivity index (χ0) is 16.9. The van der Waals surface area contributed by atoms with Gasteiger partial charge < -0.3 is 9.64 Å². The normalized spacial score (nSPS) is 21.4. The van der Waals surface area contributed by atoms with Gasteiger partial charge in [0.05, 0.1) is 4.92 Å². The lowest BCUT2D eigenvalue weighted by atomic mass is 9.88. The lowest BCUT2D eigenvalue weighted by Crippen LogP contribution is -2.44. The SMILES string of the molecule is CCN1CC[C@H](Oc2ccccc2[N+](=O)[O-])[C@@H](c2ccccc2)C1. The van der Waals surface area contributed by atoms with E-state index in [-0.39, 0.29) is 22.6 Å². The van der Waals surface area contributed by atoms with Gasteiger partial charge >= 0.3 is 5.69 Å². The van der Waals surface area contributed by atoms with E-state index >= 15 is 0 Å². The molecule has 0 aromatic heterocycles. The van der Waals surface area contributed by atoms with Crippen LogP contribution in [0.4, 0.5) is 5.69 Å². The smallest absolute Gasteiger partial charge is 0.310 e. The predicted octanol–water partition coefficient (Wildman–Crippen LogP) is 3.85. The second-order valence-corrected chi connectivity index (χ2v) is 6.08. The standard InChI is InChI=1S/C19H22N2O3/c1-2-20-13-12-18(16(14-20)15-8-4-3-5-9-15)24-19-11-7-6-10-17(19)21(22)23/h3-11,16,18H,2,12-14H2,1H3/t16-,18+/m1/s1. The monoisotopic (exact) mass is 326 g/mol. The molecule has 0 spiro atoms. The van der Waals surface area contributed by atoms with Gasteiger partial charge in [0.15, 0.2) is 5.75 Å². The van der Waals surface area contributed by atoms with Gasteiger partial charge in [0.2, 0.25) is 0 Å². The Labute approximate surface area is 142 Å². The molecule has 0 unspecified atom stereocenters. The quantitative estimate of drug-likeness (QED) is 0.618. The van der Waals surface area contributed by atoms with Gasteiger partial charge in [0, 0.05) is 25.1 Å². The summed E-state index contributed by atoms with van der Waals surface area (Å²) in [4.78, 5) is 13.2. The van der Waals surface area contributed by atoms with Crippen molar-refractivity contribution in [2.45, 2.75) is 25.4 Å². The molecule has 1 heterocycles. The number of nitro benzene ring substituents is 1. The molecule has 126 valence electrons. The van der Waals surface area contributed by atoms with Crippen molar-refractivity contribution in [3.8, 4) is 5.75 Å². The summed E-state index contributed by atoms with van der Waals surface area (Å²) in [6, 6.07) is 16.9. The van der Waals surface area contributed by atoms with Crippen LogP contribution in [-0.4, -0.2) is 35.6 Å². The first-order chi connectivity index (χ1) is 11.7. The number of likely N-dealkylation sites (tertiary alicyclic amines) is 1. The van der Waals surface area contributed by atoms with Gasteiger partial charge in [0.25, 0.3) is 0 Å². The highest BCUT2D eigenvalue weighted by atomic mass is 16.6. The van der Waals surface area contributed by atoms with Crippen molar-refractivity contribution in [3.63, 3.8) is 0 Å². The lowest BCUT2D eigenvalue weighted by molar-refractivity contribution is -0.386. The molecule has 0 amide bonds. The maximum absolute atomic E-state index is 11.2. The molecule has 0 aliphatic carbocycles. The van der Waals surface area contributed by atoms with Crippen LogP contribution in [0.2, 0.25) is 0 Å². The number of piperidine rings is 1. The van der Waals surface area contributed by atoms with Crippen molar-refractivity contribution in [1.29, 1.82) is 0 Å². The largest absolute Gasteiger partial charge is 0.483 e. The van der Waals surface area contributed by atoms with E-state index in [2.05, 4.69) is 24.0 Å². The zero-order valence-electron chi connectivity index (χ0n) is 13.8. The number of hydrogen-bond acceptors (Lipinski definition) is 4. The molecule has 2 atom stereocenters. The van der Waals surface area contributed by atoms with Crippen molar-refractivity contribution >= 4 is 5.69 Å². The summed E-state index contributed by atoms with van der Waals surface area (Å²) >= 11 is 0. The maximum atomic E-state index is 11.2. The molecule has 0 radical (unpaired) electrons. The molecule has 1 aliphatic rings.